The number of ether oxygens (including phenoxy) is 1. The first-order valence-electron chi connectivity index (χ1n) is 7.69. The third-order valence-electron chi connectivity index (χ3n) is 4.06. The predicted octanol–water partition coefficient (Wildman–Crippen LogP) is 2.75. The molecule has 1 aliphatic rings. The van der Waals surface area contributed by atoms with E-state index in [4.69, 9.17) is 4.74 Å². The molecule has 4 nitrogen and oxygen atoms in total. The van der Waals surface area contributed by atoms with Crippen LogP contribution >= 0.6 is 0 Å². The lowest BCUT2D eigenvalue weighted by Gasteiger charge is -2.13. The SMILES string of the molecule is CCn1ccnc1Cc1ccc(OC)cc1CNC1CC1. The molecule has 1 N–H and O–H groups in total. The second kappa shape index (κ2) is 6.31. The number of nitrogens with one attached hydrogen (secondary N) is 1. The van der Waals surface area contributed by atoms with Gasteiger partial charge in [0.15, 0.2) is 0 Å². The van der Waals surface area contributed by atoms with E-state index >= 15 is 0 Å². The molecule has 1 saturated carbocycles. The van der Waals surface area contributed by atoms with Crippen LogP contribution in [0, 0.1) is 0 Å². The molecule has 1 aromatic carbocycles. The molecule has 0 spiro atoms. The maximum absolute atomic E-state index is 5.36. The van der Waals surface area contributed by atoms with Crippen LogP contribution in [0.25, 0.3) is 0 Å². The summed E-state index contributed by atoms with van der Waals surface area (Å²) in [5.41, 5.74) is 2.64. The fraction of sp³-hybridized carbons (Fsp3) is 0.471. The first kappa shape index (κ1) is 14.1. The van der Waals surface area contributed by atoms with E-state index in [0.29, 0.717) is 6.04 Å². The highest BCUT2D eigenvalue weighted by Gasteiger charge is 2.20. The van der Waals surface area contributed by atoms with E-state index in [-0.39, 0.29) is 0 Å². The molecule has 0 saturated heterocycles. The van der Waals surface area contributed by atoms with Crippen molar-refractivity contribution in [2.75, 3.05) is 7.11 Å². The lowest BCUT2D eigenvalue weighted by atomic mass is 10.0. The lowest BCUT2D eigenvalue weighted by Crippen LogP contribution is -2.17. The van der Waals surface area contributed by atoms with E-state index in [0.717, 1.165) is 31.1 Å². The van der Waals surface area contributed by atoms with Gasteiger partial charge in [0, 0.05) is 37.9 Å². The standard InChI is InChI=1S/C17H23N3O/c1-3-20-9-8-18-17(20)11-13-4-7-16(21-2)10-14(13)12-19-15-5-6-15/h4,7-10,15,19H,3,5-6,11-12H2,1-2H3. The van der Waals surface area contributed by atoms with Gasteiger partial charge in [-0.15, -0.1) is 0 Å². The van der Waals surface area contributed by atoms with Crippen LogP contribution in [0.15, 0.2) is 30.6 Å². The van der Waals surface area contributed by atoms with Crippen LogP contribution in [0.3, 0.4) is 0 Å². The summed E-state index contributed by atoms with van der Waals surface area (Å²) < 4.78 is 7.56. The highest BCUT2D eigenvalue weighted by atomic mass is 16.5. The average molecular weight is 285 g/mol. The van der Waals surface area contributed by atoms with E-state index < -0.39 is 0 Å². The van der Waals surface area contributed by atoms with Crippen LogP contribution in [0.1, 0.15) is 36.7 Å². The smallest absolute Gasteiger partial charge is 0.119 e. The predicted molar refractivity (Wildman–Crippen MR) is 83.6 cm³/mol. The van der Waals surface area contributed by atoms with Crippen LogP contribution < -0.4 is 10.1 Å². The summed E-state index contributed by atoms with van der Waals surface area (Å²) in [7, 11) is 1.72. The summed E-state index contributed by atoms with van der Waals surface area (Å²) in [6.45, 7) is 4.01. The van der Waals surface area contributed by atoms with Gasteiger partial charge >= 0.3 is 0 Å². The van der Waals surface area contributed by atoms with Gasteiger partial charge in [0.05, 0.1) is 7.11 Å². The number of benzene rings is 1. The summed E-state index contributed by atoms with van der Waals surface area (Å²) >= 11 is 0. The first-order valence-corrected chi connectivity index (χ1v) is 7.69. The Labute approximate surface area is 126 Å². The Kier molecular flexibility index (Phi) is 4.25. The molecule has 0 unspecified atom stereocenters. The van der Waals surface area contributed by atoms with E-state index in [1.807, 2.05) is 18.5 Å². The van der Waals surface area contributed by atoms with Crippen molar-refractivity contribution in [2.24, 2.45) is 0 Å². The lowest BCUT2D eigenvalue weighted by molar-refractivity contribution is 0.414. The molecular weight excluding hydrogens is 262 g/mol. The highest BCUT2D eigenvalue weighted by molar-refractivity contribution is 5.37. The van der Waals surface area contributed by atoms with Crippen LogP contribution in [0.5, 0.6) is 5.75 Å². The number of hydrogen-bond acceptors (Lipinski definition) is 3. The van der Waals surface area contributed by atoms with Crippen molar-refractivity contribution in [3.8, 4) is 5.75 Å². The van der Waals surface area contributed by atoms with Crippen molar-refractivity contribution in [1.29, 1.82) is 0 Å². The van der Waals surface area contributed by atoms with Crippen molar-refractivity contribution < 1.29 is 4.74 Å². The van der Waals surface area contributed by atoms with Crippen LogP contribution in [0.2, 0.25) is 0 Å². The van der Waals surface area contributed by atoms with Crippen LogP contribution in [-0.2, 0) is 19.5 Å². The van der Waals surface area contributed by atoms with Gasteiger partial charge in [0.1, 0.15) is 11.6 Å². The van der Waals surface area contributed by atoms with E-state index in [9.17, 15) is 0 Å². The first-order chi connectivity index (χ1) is 10.3. The minimum absolute atomic E-state index is 0.710. The second-order valence-electron chi connectivity index (χ2n) is 5.60. The summed E-state index contributed by atoms with van der Waals surface area (Å²) in [4.78, 5) is 4.48. The maximum atomic E-state index is 5.36. The summed E-state index contributed by atoms with van der Waals surface area (Å²) in [6, 6.07) is 7.05. The van der Waals surface area contributed by atoms with Gasteiger partial charge in [-0.3, -0.25) is 0 Å². The van der Waals surface area contributed by atoms with Gasteiger partial charge < -0.3 is 14.6 Å². The molecule has 1 fully saturated rings. The van der Waals surface area contributed by atoms with Gasteiger partial charge in [0.2, 0.25) is 0 Å². The van der Waals surface area contributed by atoms with E-state index in [1.165, 1.54) is 24.0 Å². The zero-order valence-corrected chi connectivity index (χ0v) is 12.8. The third-order valence-corrected chi connectivity index (χ3v) is 4.06. The largest absolute Gasteiger partial charge is 0.497 e. The van der Waals surface area contributed by atoms with Gasteiger partial charge in [0.25, 0.3) is 0 Å². The van der Waals surface area contributed by atoms with Crippen molar-refractivity contribution in [3.05, 3.63) is 47.5 Å². The van der Waals surface area contributed by atoms with E-state index in [2.05, 4.69) is 33.9 Å². The molecular formula is C17H23N3O. The number of methoxy groups -OCH3 is 1. The molecule has 0 radical (unpaired) electrons. The maximum Gasteiger partial charge on any atom is 0.119 e. The number of rotatable bonds is 7. The molecule has 112 valence electrons. The number of imidazole rings is 1. The van der Waals surface area contributed by atoms with E-state index in [1.54, 1.807) is 7.11 Å². The minimum atomic E-state index is 0.710. The zero-order chi connectivity index (χ0) is 14.7. The molecule has 0 amide bonds. The van der Waals surface area contributed by atoms with Crippen LogP contribution in [0.4, 0.5) is 0 Å². The zero-order valence-electron chi connectivity index (χ0n) is 12.8. The molecule has 2 aromatic rings. The third kappa shape index (κ3) is 3.45. The molecule has 1 heterocycles. The molecule has 21 heavy (non-hydrogen) atoms. The molecule has 3 rings (SSSR count). The number of hydrogen-bond donors (Lipinski definition) is 1. The normalized spacial score (nSPS) is 14.4. The topological polar surface area (TPSA) is 39.1 Å². The van der Waals surface area contributed by atoms with Gasteiger partial charge in [-0.2, -0.15) is 0 Å². The van der Waals surface area contributed by atoms with Crippen LogP contribution in [-0.4, -0.2) is 22.7 Å². The van der Waals surface area contributed by atoms with Crippen molar-refractivity contribution in [2.45, 2.75) is 45.3 Å². The molecule has 0 bridgehead atoms. The molecule has 1 aliphatic carbocycles. The Bertz CT molecular complexity index is 602. The Hall–Kier alpha value is -1.81. The Morgan fingerprint density at radius 2 is 2.19 bits per heavy atom. The summed E-state index contributed by atoms with van der Waals surface area (Å²) in [6.07, 6.45) is 7.40. The van der Waals surface area contributed by atoms with Gasteiger partial charge in [-0.05, 0) is 43.0 Å². The number of nitrogens with zero attached hydrogens (tertiary/aromatic N) is 2. The molecule has 0 atom stereocenters. The summed E-state index contributed by atoms with van der Waals surface area (Å²) in [5, 5.41) is 3.59. The van der Waals surface area contributed by atoms with Crippen molar-refractivity contribution >= 4 is 0 Å². The Balaban J connectivity index is 1.81. The average Bonchev–Trinajstić information content (AvgIpc) is 3.24. The highest BCUT2D eigenvalue weighted by Crippen LogP contribution is 2.23. The molecule has 0 aliphatic heterocycles. The fourth-order valence-electron chi connectivity index (χ4n) is 2.57. The number of aromatic nitrogens is 2. The molecule has 1 aromatic heterocycles. The quantitative estimate of drug-likeness (QED) is 0.850. The van der Waals surface area contributed by atoms with Gasteiger partial charge in [-0.25, -0.2) is 4.98 Å². The summed E-state index contributed by atoms with van der Waals surface area (Å²) in [5.74, 6) is 2.04. The van der Waals surface area contributed by atoms with Gasteiger partial charge in [-0.1, -0.05) is 6.07 Å². The Morgan fingerprint density at radius 3 is 2.90 bits per heavy atom. The molecule has 4 heteroatoms. The monoisotopic (exact) mass is 285 g/mol. The number of aryl methyl sites for hydroxylation is 1. The fourth-order valence-corrected chi connectivity index (χ4v) is 2.57. The van der Waals surface area contributed by atoms with Crippen molar-refractivity contribution in [3.63, 3.8) is 0 Å². The Morgan fingerprint density at radius 1 is 1.33 bits per heavy atom. The second-order valence-corrected chi connectivity index (χ2v) is 5.60. The van der Waals surface area contributed by atoms with Crippen molar-refractivity contribution in [1.82, 2.24) is 14.9 Å². The minimum Gasteiger partial charge on any atom is -0.497 e.